The molecule has 1 saturated carbocycles. The summed E-state index contributed by atoms with van der Waals surface area (Å²) in [4.78, 5) is 14.4. The molecule has 3 nitrogen and oxygen atoms in total. The van der Waals surface area contributed by atoms with E-state index >= 15 is 0 Å². The smallest absolute Gasteiger partial charge is 0.176 e. The lowest BCUT2D eigenvalue weighted by atomic mass is 9.85. The molecule has 0 heterocycles. The number of likely N-dealkylation sites (N-methyl/N-ethyl adjacent to an activating group) is 1. The first-order valence-electron chi connectivity index (χ1n) is 7.23. The number of carbonyl (C=O) groups is 1. The summed E-state index contributed by atoms with van der Waals surface area (Å²) in [5.74, 6) is 0.381. The van der Waals surface area contributed by atoms with Gasteiger partial charge in [0.15, 0.2) is 17.3 Å². The van der Waals surface area contributed by atoms with Crippen LogP contribution >= 0.6 is 0 Å². The van der Waals surface area contributed by atoms with Crippen LogP contribution in [-0.2, 0) is 0 Å². The van der Waals surface area contributed by atoms with Crippen LogP contribution in [-0.4, -0.2) is 37.4 Å². The van der Waals surface area contributed by atoms with Gasteiger partial charge in [-0.05, 0) is 43.5 Å². The highest BCUT2D eigenvalue weighted by Gasteiger charge is 2.21. The number of Topliss-reactive ketones (excluding diaryl/α,β-unsaturated/α-hetero) is 1. The van der Waals surface area contributed by atoms with Crippen LogP contribution in [0.1, 0.15) is 36.5 Å². The number of nitrogens with zero attached hydrogens (tertiary/aromatic N) is 1. The first-order chi connectivity index (χ1) is 9.63. The SMILES string of the molecule is CCN(CC(=O)c1ccc(OC)c(F)c1)CC1CCC1. The topological polar surface area (TPSA) is 29.5 Å². The lowest BCUT2D eigenvalue weighted by Crippen LogP contribution is -2.36. The molecule has 0 amide bonds. The monoisotopic (exact) mass is 279 g/mol. The molecule has 1 fully saturated rings. The van der Waals surface area contributed by atoms with Gasteiger partial charge in [0.2, 0.25) is 0 Å². The van der Waals surface area contributed by atoms with Gasteiger partial charge in [0, 0.05) is 12.1 Å². The summed E-state index contributed by atoms with van der Waals surface area (Å²) in [7, 11) is 1.41. The van der Waals surface area contributed by atoms with Crippen molar-refractivity contribution in [1.82, 2.24) is 4.90 Å². The van der Waals surface area contributed by atoms with Gasteiger partial charge in [-0.2, -0.15) is 0 Å². The maximum atomic E-state index is 13.6. The van der Waals surface area contributed by atoms with Crippen molar-refractivity contribution in [3.8, 4) is 5.75 Å². The van der Waals surface area contributed by atoms with Crippen LogP contribution in [0.25, 0.3) is 0 Å². The van der Waals surface area contributed by atoms with Gasteiger partial charge in [0.1, 0.15) is 0 Å². The second kappa shape index (κ2) is 6.84. The number of hydrogen-bond acceptors (Lipinski definition) is 3. The molecular weight excluding hydrogens is 257 g/mol. The van der Waals surface area contributed by atoms with E-state index in [1.165, 1.54) is 38.5 Å². The number of methoxy groups -OCH3 is 1. The predicted molar refractivity (Wildman–Crippen MR) is 76.7 cm³/mol. The molecule has 0 atom stereocenters. The molecule has 4 heteroatoms. The molecule has 0 aliphatic heterocycles. The van der Waals surface area contributed by atoms with Gasteiger partial charge >= 0.3 is 0 Å². The molecule has 20 heavy (non-hydrogen) atoms. The number of rotatable bonds is 7. The fourth-order valence-corrected chi connectivity index (χ4v) is 2.48. The Kier molecular flexibility index (Phi) is 5.12. The van der Waals surface area contributed by atoms with Gasteiger partial charge in [0.05, 0.1) is 13.7 Å². The first-order valence-corrected chi connectivity index (χ1v) is 7.23. The molecule has 1 aromatic carbocycles. The number of carbonyl (C=O) groups excluding carboxylic acids is 1. The Hall–Kier alpha value is -1.42. The van der Waals surface area contributed by atoms with E-state index in [9.17, 15) is 9.18 Å². The van der Waals surface area contributed by atoms with Gasteiger partial charge < -0.3 is 4.74 Å². The summed E-state index contributed by atoms with van der Waals surface area (Å²) >= 11 is 0. The van der Waals surface area contributed by atoms with Gasteiger partial charge in [0.25, 0.3) is 0 Å². The van der Waals surface area contributed by atoms with Gasteiger partial charge in [-0.1, -0.05) is 13.3 Å². The highest BCUT2D eigenvalue weighted by molar-refractivity contribution is 5.97. The van der Waals surface area contributed by atoms with Gasteiger partial charge in [-0.3, -0.25) is 9.69 Å². The van der Waals surface area contributed by atoms with Crippen molar-refractivity contribution >= 4 is 5.78 Å². The maximum Gasteiger partial charge on any atom is 0.176 e. The summed E-state index contributed by atoms with van der Waals surface area (Å²) in [6, 6.07) is 4.39. The van der Waals surface area contributed by atoms with Gasteiger partial charge in [-0.25, -0.2) is 4.39 Å². The van der Waals surface area contributed by atoms with Crippen molar-refractivity contribution in [2.75, 3.05) is 26.7 Å². The zero-order valence-electron chi connectivity index (χ0n) is 12.2. The van der Waals surface area contributed by atoms with E-state index in [0.717, 1.165) is 19.0 Å². The first kappa shape index (κ1) is 15.0. The Balaban J connectivity index is 1.97. The van der Waals surface area contributed by atoms with Crippen LogP contribution in [0, 0.1) is 11.7 Å². The lowest BCUT2D eigenvalue weighted by molar-refractivity contribution is 0.0904. The molecule has 1 aliphatic rings. The zero-order valence-corrected chi connectivity index (χ0v) is 12.2. The molecule has 0 radical (unpaired) electrons. The van der Waals surface area contributed by atoms with Crippen molar-refractivity contribution in [3.63, 3.8) is 0 Å². The highest BCUT2D eigenvalue weighted by atomic mass is 19.1. The lowest BCUT2D eigenvalue weighted by Gasteiger charge is -2.31. The third-order valence-corrected chi connectivity index (χ3v) is 4.03. The number of ether oxygens (including phenoxy) is 1. The number of benzene rings is 1. The van der Waals surface area contributed by atoms with Crippen LogP contribution in [0.3, 0.4) is 0 Å². The number of halogens is 1. The van der Waals surface area contributed by atoms with Crippen molar-refractivity contribution in [1.29, 1.82) is 0 Å². The van der Waals surface area contributed by atoms with E-state index in [-0.39, 0.29) is 11.5 Å². The minimum Gasteiger partial charge on any atom is -0.494 e. The Morgan fingerprint density at radius 1 is 1.45 bits per heavy atom. The van der Waals surface area contributed by atoms with Gasteiger partial charge in [-0.15, -0.1) is 0 Å². The molecule has 1 aromatic rings. The quantitative estimate of drug-likeness (QED) is 0.718. The van der Waals surface area contributed by atoms with Crippen LogP contribution in [0.2, 0.25) is 0 Å². The second-order valence-electron chi connectivity index (χ2n) is 5.40. The Labute approximate surface area is 119 Å². The van der Waals surface area contributed by atoms with Crippen molar-refractivity contribution in [2.45, 2.75) is 26.2 Å². The summed E-state index contributed by atoms with van der Waals surface area (Å²) < 4.78 is 18.5. The molecule has 1 aliphatic carbocycles. The number of ketones is 1. The summed E-state index contributed by atoms with van der Waals surface area (Å²) in [6.45, 7) is 4.24. The fraction of sp³-hybridized carbons (Fsp3) is 0.562. The maximum absolute atomic E-state index is 13.6. The van der Waals surface area contributed by atoms with Crippen LogP contribution in [0.15, 0.2) is 18.2 Å². The molecule has 0 N–H and O–H groups in total. The molecular formula is C16H22FNO2. The summed E-state index contributed by atoms with van der Waals surface area (Å²) in [6.07, 6.45) is 3.84. The average molecular weight is 279 g/mol. The minimum absolute atomic E-state index is 0.0345. The largest absolute Gasteiger partial charge is 0.494 e. The molecule has 2 rings (SSSR count). The predicted octanol–water partition coefficient (Wildman–Crippen LogP) is 3.14. The van der Waals surface area contributed by atoms with Crippen molar-refractivity contribution in [3.05, 3.63) is 29.6 Å². The van der Waals surface area contributed by atoms with Crippen LogP contribution in [0.5, 0.6) is 5.75 Å². The highest BCUT2D eigenvalue weighted by Crippen LogP contribution is 2.27. The molecule has 110 valence electrons. The molecule has 0 aromatic heterocycles. The third-order valence-electron chi connectivity index (χ3n) is 4.03. The zero-order chi connectivity index (χ0) is 14.5. The molecule has 0 bridgehead atoms. The second-order valence-corrected chi connectivity index (χ2v) is 5.40. The molecule has 0 unspecified atom stereocenters. The Morgan fingerprint density at radius 3 is 2.70 bits per heavy atom. The average Bonchev–Trinajstić information content (AvgIpc) is 2.40. The summed E-state index contributed by atoms with van der Waals surface area (Å²) in [5, 5.41) is 0. The van der Waals surface area contributed by atoms with Crippen LogP contribution in [0.4, 0.5) is 4.39 Å². The standard InChI is InChI=1S/C16H22FNO2/c1-3-18(10-12-5-4-6-12)11-15(19)13-7-8-16(20-2)14(17)9-13/h7-9,12H,3-6,10-11H2,1-2H3. The van der Waals surface area contributed by atoms with E-state index in [2.05, 4.69) is 11.8 Å². The Morgan fingerprint density at radius 2 is 2.20 bits per heavy atom. The van der Waals surface area contributed by atoms with E-state index in [1.54, 1.807) is 6.07 Å². The Bertz CT molecular complexity index is 472. The fourth-order valence-electron chi connectivity index (χ4n) is 2.48. The third kappa shape index (κ3) is 3.57. The van der Waals surface area contributed by atoms with Crippen molar-refractivity contribution < 1.29 is 13.9 Å². The molecule has 0 saturated heterocycles. The minimum atomic E-state index is -0.486. The van der Waals surface area contributed by atoms with E-state index in [4.69, 9.17) is 4.74 Å². The molecule has 0 spiro atoms. The van der Waals surface area contributed by atoms with Crippen LogP contribution < -0.4 is 4.74 Å². The number of hydrogen-bond donors (Lipinski definition) is 0. The van der Waals surface area contributed by atoms with E-state index < -0.39 is 5.82 Å². The van der Waals surface area contributed by atoms with E-state index in [0.29, 0.717) is 12.1 Å². The van der Waals surface area contributed by atoms with Crippen molar-refractivity contribution in [2.24, 2.45) is 5.92 Å². The summed E-state index contributed by atoms with van der Waals surface area (Å²) in [5.41, 5.74) is 0.412. The normalized spacial score (nSPS) is 15.2. The van der Waals surface area contributed by atoms with E-state index in [1.807, 2.05) is 0 Å².